The van der Waals surface area contributed by atoms with Crippen molar-refractivity contribution in [1.82, 2.24) is 10.2 Å². The van der Waals surface area contributed by atoms with E-state index in [0.29, 0.717) is 5.92 Å². The molecule has 2 aliphatic rings. The van der Waals surface area contributed by atoms with Crippen LogP contribution in [0.2, 0.25) is 0 Å². The van der Waals surface area contributed by atoms with Crippen molar-refractivity contribution in [3.05, 3.63) is 0 Å². The van der Waals surface area contributed by atoms with Crippen LogP contribution in [0.25, 0.3) is 0 Å². The number of carbonyl (C=O) groups excluding carboxylic acids is 2. The van der Waals surface area contributed by atoms with E-state index in [4.69, 9.17) is 5.73 Å². The fraction of sp³-hybridized carbons (Fsp3) is 0.833. The lowest BCUT2D eigenvalue weighted by Crippen LogP contribution is -2.61. The zero-order valence-electron chi connectivity index (χ0n) is 10.4. The van der Waals surface area contributed by atoms with E-state index in [9.17, 15) is 9.59 Å². The molecule has 1 heterocycles. The SMILES string of the molecule is CC(=O)N1CCC(C2(NC(N)=O)CCC2)CC1. The molecule has 3 N–H and O–H groups in total. The number of nitrogens with zero attached hydrogens (tertiary/aromatic N) is 1. The quantitative estimate of drug-likeness (QED) is 0.749. The highest BCUT2D eigenvalue weighted by Crippen LogP contribution is 2.42. The molecule has 2 fully saturated rings. The van der Waals surface area contributed by atoms with Crippen molar-refractivity contribution in [2.45, 2.75) is 44.6 Å². The third kappa shape index (κ3) is 2.37. The summed E-state index contributed by atoms with van der Waals surface area (Å²) in [4.78, 5) is 24.2. The maximum atomic E-state index is 11.3. The number of hydrogen-bond donors (Lipinski definition) is 2. The fourth-order valence-electron chi connectivity index (χ4n) is 3.19. The van der Waals surface area contributed by atoms with E-state index in [0.717, 1.165) is 45.2 Å². The van der Waals surface area contributed by atoms with Crippen molar-refractivity contribution in [1.29, 1.82) is 0 Å². The molecule has 1 aliphatic heterocycles. The lowest BCUT2D eigenvalue weighted by atomic mass is 9.65. The third-order valence-electron chi connectivity index (χ3n) is 4.34. The van der Waals surface area contributed by atoms with Crippen molar-refractivity contribution in [3.8, 4) is 0 Å². The fourth-order valence-corrected chi connectivity index (χ4v) is 3.19. The first-order valence-electron chi connectivity index (χ1n) is 6.37. The number of amides is 3. The Kier molecular flexibility index (Phi) is 3.26. The summed E-state index contributed by atoms with van der Waals surface area (Å²) in [5, 5.41) is 2.94. The van der Waals surface area contributed by atoms with Gasteiger partial charge in [-0.3, -0.25) is 4.79 Å². The lowest BCUT2D eigenvalue weighted by molar-refractivity contribution is -0.130. The summed E-state index contributed by atoms with van der Waals surface area (Å²) < 4.78 is 0. The van der Waals surface area contributed by atoms with Gasteiger partial charge >= 0.3 is 6.03 Å². The van der Waals surface area contributed by atoms with E-state index < -0.39 is 6.03 Å². The predicted octanol–water partition coefficient (Wildman–Crippen LogP) is 0.836. The zero-order chi connectivity index (χ0) is 12.5. The first-order chi connectivity index (χ1) is 8.03. The number of primary amides is 1. The van der Waals surface area contributed by atoms with E-state index >= 15 is 0 Å². The molecular weight excluding hydrogens is 218 g/mol. The second-order valence-electron chi connectivity index (χ2n) is 5.28. The summed E-state index contributed by atoms with van der Waals surface area (Å²) in [6.07, 6.45) is 5.16. The number of piperidine rings is 1. The highest BCUT2D eigenvalue weighted by molar-refractivity contribution is 5.73. The second kappa shape index (κ2) is 4.55. The number of likely N-dealkylation sites (tertiary alicyclic amines) is 1. The van der Waals surface area contributed by atoms with E-state index in [1.54, 1.807) is 6.92 Å². The van der Waals surface area contributed by atoms with E-state index in [2.05, 4.69) is 5.32 Å². The molecule has 5 nitrogen and oxygen atoms in total. The molecule has 96 valence electrons. The third-order valence-corrected chi connectivity index (χ3v) is 4.34. The zero-order valence-corrected chi connectivity index (χ0v) is 10.4. The molecule has 1 aliphatic carbocycles. The normalized spacial score (nSPS) is 23.9. The van der Waals surface area contributed by atoms with Gasteiger partial charge in [0.15, 0.2) is 0 Å². The Morgan fingerprint density at radius 3 is 2.24 bits per heavy atom. The van der Waals surface area contributed by atoms with Gasteiger partial charge in [0.05, 0.1) is 0 Å². The minimum atomic E-state index is -0.418. The van der Waals surface area contributed by atoms with Gasteiger partial charge in [-0.05, 0) is 38.0 Å². The molecule has 0 spiro atoms. The first kappa shape index (κ1) is 12.2. The summed E-state index contributed by atoms with van der Waals surface area (Å²) >= 11 is 0. The number of hydrogen-bond acceptors (Lipinski definition) is 2. The van der Waals surface area contributed by atoms with Crippen LogP contribution < -0.4 is 11.1 Å². The molecular formula is C12H21N3O2. The number of carbonyl (C=O) groups is 2. The topological polar surface area (TPSA) is 75.4 Å². The number of nitrogens with one attached hydrogen (secondary N) is 1. The Morgan fingerprint density at radius 1 is 1.29 bits per heavy atom. The number of urea groups is 1. The maximum absolute atomic E-state index is 11.3. The molecule has 1 saturated carbocycles. The Bertz CT molecular complexity index is 318. The molecule has 2 rings (SSSR count). The van der Waals surface area contributed by atoms with Crippen molar-refractivity contribution < 1.29 is 9.59 Å². The van der Waals surface area contributed by atoms with Crippen molar-refractivity contribution in [3.63, 3.8) is 0 Å². The number of nitrogens with two attached hydrogens (primary N) is 1. The Labute approximate surface area is 102 Å². The molecule has 1 saturated heterocycles. The smallest absolute Gasteiger partial charge is 0.312 e. The van der Waals surface area contributed by atoms with Crippen LogP contribution in [0, 0.1) is 5.92 Å². The van der Waals surface area contributed by atoms with E-state index in [-0.39, 0.29) is 11.4 Å². The summed E-state index contributed by atoms with van der Waals surface area (Å²) in [5.74, 6) is 0.619. The van der Waals surface area contributed by atoms with Gasteiger partial charge in [0, 0.05) is 25.6 Å². The summed E-state index contributed by atoms with van der Waals surface area (Å²) in [5.41, 5.74) is 5.18. The lowest BCUT2D eigenvalue weighted by Gasteiger charge is -2.50. The minimum Gasteiger partial charge on any atom is -0.352 e. The molecule has 17 heavy (non-hydrogen) atoms. The minimum absolute atomic E-state index is 0.0747. The maximum Gasteiger partial charge on any atom is 0.312 e. The second-order valence-corrected chi connectivity index (χ2v) is 5.28. The largest absolute Gasteiger partial charge is 0.352 e. The number of rotatable bonds is 2. The molecule has 0 aromatic heterocycles. The van der Waals surface area contributed by atoms with Crippen LogP contribution in [-0.2, 0) is 4.79 Å². The highest BCUT2D eigenvalue weighted by Gasteiger charge is 2.45. The summed E-state index contributed by atoms with van der Waals surface area (Å²) in [6, 6.07) is -0.418. The van der Waals surface area contributed by atoms with Gasteiger partial charge in [-0.2, -0.15) is 0 Å². The summed E-state index contributed by atoms with van der Waals surface area (Å²) in [6.45, 7) is 3.23. The molecule has 3 amide bonds. The monoisotopic (exact) mass is 239 g/mol. The van der Waals surface area contributed by atoms with Crippen LogP contribution >= 0.6 is 0 Å². The van der Waals surface area contributed by atoms with Gasteiger partial charge in [0.2, 0.25) is 5.91 Å². The first-order valence-corrected chi connectivity index (χ1v) is 6.37. The molecule has 0 atom stereocenters. The highest BCUT2D eigenvalue weighted by atomic mass is 16.2. The van der Waals surface area contributed by atoms with Crippen LogP contribution in [0.3, 0.4) is 0 Å². The van der Waals surface area contributed by atoms with Gasteiger partial charge in [-0.1, -0.05) is 0 Å². The van der Waals surface area contributed by atoms with E-state index in [1.165, 1.54) is 0 Å². The van der Waals surface area contributed by atoms with Crippen molar-refractivity contribution in [2.24, 2.45) is 11.7 Å². The van der Waals surface area contributed by atoms with Crippen LogP contribution in [-0.4, -0.2) is 35.5 Å². The molecule has 5 heteroatoms. The Morgan fingerprint density at radius 2 is 1.88 bits per heavy atom. The summed E-state index contributed by atoms with van der Waals surface area (Å²) in [7, 11) is 0. The molecule has 0 unspecified atom stereocenters. The van der Waals surface area contributed by atoms with Crippen molar-refractivity contribution in [2.75, 3.05) is 13.1 Å². The van der Waals surface area contributed by atoms with Gasteiger partial charge in [0.1, 0.15) is 0 Å². The Hall–Kier alpha value is -1.26. The van der Waals surface area contributed by atoms with Gasteiger partial charge in [-0.25, -0.2) is 4.79 Å². The van der Waals surface area contributed by atoms with E-state index in [1.807, 2.05) is 4.90 Å². The standard InChI is InChI=1S/C12H21N3O2/c1-9(16)15-7-3-10(4-8-15)12(5-2-6-12)14-11(13)17/h10H,2-8H2,1H3,(H3,13,14,17). The van der Waals surface area contributed by atoms with Crippen LogP contribution in [0.1, 0.15) is 39.0 Å². The van der Waals surface area contributed by atoms with Crippen LogP contribution in [0.4, 0.5) is 4.79 Å². The van der Waals surface area contributed by atoms with Gasteiger partial charge in [0.25, 0.3) is 0 Å². The molecule has 0 aromatic carbocycles. The van der Waals surface area contributed by atoms with Crippen molar-refractivity contribution >= 4 is 11.9 Å². The average molecular weight is 239 g/mol. The Balaban J connectivity index is 1.94. The van der Waals surface area contributed by atoms with Crippen LogP contribution in [0.5, 0.6) is 0 Å². The molecule has 0 bridgehead atoms. The van der Waals surface area contributed by atoms with Gasteiger partial charge < -0.3 is 16.0 Å². The van der Waals surface area contributed by atoms with Gasteiger partial charge in [-0.15, -0.1) is 0 Å². The average Bonchev–Trinajstić information content (AvgIpc) is 2.23. The van der Waals surface area contributed by atoms with Crippen LogP contribution in [0.15, 0.2) is 0 Å². The molecule has 0 radical (unpaired) electrons. The predicted molar refractivity (Wildman–Crippen MR) is 64.3 cm³/mol. The molecule has 0 aromatic rings.